The second kappa shape index (κ2) is 8.95. The van der Waals surface area contributed by atoms with Crippen LogP contribution in [0, 0.1) is 6.92 Å². The lowest BCUT2D eigenvalue weighted by Gasteiger charge is -2.23. The molecule has 0 radical (unpaired) electrons. The van der Waals surface area contributed by atoms with E-state index in [2.05, 4.69) is 39.5 Å². The minimum absolute atomic E-state index is 0.191. The number of aromatic nitrogens is 1. The molecule has 1 aromatic heterocycles. The summed E-state index contributed by atoms with van der Waals surface area (Å²) >= 11 is 1.59. The summed E-state index contributed by atoms with van der Waals surface area (Å²) in [6.45, 7) is 4.73. The lowest BCUT2D eigenvalue weighted by molar-refractivity contribution is -0.627. The van der Waals surface area contributed by atoms with Crippen LogP contribution >= 0.6 is 11.3 Å². The number of anilines is 1. The smallest absolute Gasteiger partial charge is 0.409 e. The van der Waals surface area contributed by atoms with E-state index in [-0.39, 0.29) is 13.2 Å². The Morgan fingerprint density at radius 2 is 1.90 bits per heavy atom. The summed E-state index contributed by atoms with van der Waals surface area (Å²) in [5.41, 5.74) is 3.90. The van der Waals surface area contributed by atoms with Gasteiger partial charge < -0.3 is 9.45 Å². The lowest BCUT2D eigenvalue weighted by Crippen LogP contribution is -2.27. The molecule has 0 atom stereocenters. The Morgan fingerprint density at radius 1 is 1.17 bits per heavy atom. The van der Waals surface area contributed by atoms with Crippen molar-refractivity contribution in [3.63, 3.8) is 0 Å². The number of hydrogen-bond acceptors (Lipinski definition) is 8. The number of hydrogen-bond donors (Lipinski definition) is 0. The number of fused-ring (bicyclic) bond motifs is 1. The second-order valence-electron chi connectivity index (χ2n) is 6.44. The van der Waals surface area contributed by atoms with Gasteiger partial charge in [-0.15, -0.1) is 0 Å². The van der Waals surface area contributed by atoms with Crippen molar-refractivity contribution in [2.24, 2.45) is 17.3 Å². The third kappa shape index (κ3) is 5.57. The molecule has 8 nitrogen and oxygen atoms in total. The van der Waals surface area contributed by atoms with Crippen molar-refractivity contribution in [3.05, 3.63) is 48.0 Å². The summed E-state index contributed by atoms with van der Waals surface area (Å²) in [6.07, 6.45) is 0. The van der Waals surface area contributed by atoms with Gasteiger partial charge in [-0.25, -0.2) is 13.0 Å². The number of azo groups is 1. The fourth-order valence-corrected chi connectivity index (χ4v) is 4.23. The highest BCUT2D eigenvalue weighted by atomic mass is 32.3. The molecule has 154 valence electrons. The van der Waals surface area contributed by atoms with Crippen LogP contribution in [0.1, 0.15) is 12.5 Å². The maximum atomic E-state index is 10.5. The van der Waals surface area contributed by atoms with Gasteiger partial charge in [0, 0.05) is 18.8 Å². The number of nitrogens with zero attached hydrogens (tertiary/aromatic N) is 4. The first kappa shape index (κ1) is 21.3. The minimum Gasteiger partial charge on any atom is -0.726 e. The van der Waals surface area contributed by atoms with E-state index < -0.39 is 10.4 Å². The SMILES string of the molecule is CCN(CCOS(=O)(=O)[O-])c1ccc(N=Nc2sc3cc(C)ccc3[n+]2C)cc1. The Balaban J connectivity index is 1.70. The summed E-state index contributed by atoms with van der Waals surface area (Å²) < 4.78 is 39.1. The zero-order valence-corrected chi connectivity index (χ0v) is 18.0. The van der Waals surface area contributed by atoms with Gasteiger partial charge in [0.25, 0.3) is 0 Å². The molecule has 0 aliphatic heterocycles. The normalized spacial score (nSPS) is 12.1. The van der Waals surface area contributed by atoms with E-state index in [0.717, 1.165) is 21.0 Å². The van der Waals surface area contributed by atoms with Crippen LogP contribution in [0.2, 0.25) is 0 Å². The fourth-order valence-electron chi connectivity index (χ4n) is 2.89. The number of benzene rings is 2. The fraction of sp³-hybridized carbons (Fsp3) is 0.316. The Labute approximate surface area is 174 Å². The van der Waals surface area contributed by atoms with Crippen molar-refractivity contribution in [2.75, 3.05) is 24.6 Å². The monoisotopic (exact) mass is 434 g/mol. The average Bonchev–Trinajstić information content (AvgIpc) is 2.98. The Hall–Kier alpha value is -2.40. The topological polar surface area (TPSA) is 98.3 Å². The highest BCUT2D eigenvalue weighted by molar-refractivity contribution is 7.80. The molecule has 29 heavy (non-hydrogen) atoms. The lowest BCUT2D eigenvalue weighted by atomic mass is 10.2. The van der Waals surface area contributed by atoms with Gasteiger partial charge in [-0.3, -0.25) is 4.18 Å². The molecular formula is C19H22N4O4S2. The molecule has 0 aliphatic rings. The quantitative estimate of drug-likeness (QED) is 0.233. The molecule has 0 amide bonds. The Morgan fingerprint density at radius 3 is 2.55 bits per heavy atom. The van der Waals surface area contributed by atoms with Gasteiger partial charge in [-0.2, -0.15) is 0 Å². The standard InChI is InChI=1S/C19H22N4O4S2/c1-4-23(11-12-27-29(24,25)26)16-8-6-15(7-9-16)20-21-19-22(3)17-10-5-14(2)13-18(17)28-19/h5-10,13H,4,11-12H2,1-3H3. The van der Waals surface area contributed by atoms with Gasteiger partial charge in [0.1, 0.15) is 11.2 Å². The van der Waals surface area contributed by atoms with Gasteiger partial charge in [-0.1, -0.05) is 6.07 Å². The number of thiazole rings is 1. The Kier molecular flexibility index (Phi) is 6.58. The summed E-state index contributed by atoms with van der Waals surface area (Å²) in [6, 6.07) is 13.7. The van der Waals surface area contributed by atoms with Crippen molar-refractivity contribution in [1.29, 1.82) is 0 Å². The third-order valence-electron chi connectivity index (χ3n) is 4.40. The van der Waals surface area contributed by atoms with E-state index >= 15 is 0 Å². The van der Waals surface area contributed by atoms with Crippen LogP contribution in [0.4, 0.5) is 16.5 Å². The summed E-state index contributed by atoms with van der Waals surface area (Å²) in [4.78, 5) is 1.90. The van der Waals surface area contributed by atoms with Crippen LogP contribution in [-0.4, -0.2) is 32.7 Å². The van der Waals surface area contributed by atoms with Crippen molar-refractivity contribution in [2.45, 2.75) is 13.8 Å². The van der Waals surface area contributed by atoms with Gasteiger partial charge in [0.05, 0.1) is 23.5 Å². The summed E-state index contributed by atoms with van der Waals surface area (Å²) in [5.74, 6) is 0. The molecule has 0 unspecified atom stereocenters. The zero-order chi connectivity index (χ0) is 21.0. The number of aryl methyl sites for hydroxylation is 2. The van der Waals surface area contributed by atoms with Crippen LogP contribution in [0.5, 0.6) is 0 Å². The molecule has 3 rings (SSSR count). The molecule has 0 saturated heterocycles. The molecule has 1 heterocycles. The summed E-state index contributed by atoms with van der Waals surface area (Å²) in [5, 5.41) is 9.52. The summed E-state index contributed by atoms with van der Waals surface area (Å²) in [7, 11) is -2.70. The molecule has 3 aromatic rings. The molecule has 0 bridgehead atoms. The molecular weight excluding hydrogens is 412 g/mol. The molecule has 0 fully saturated rings. The van der Waals surface area contributed by atoms with Gasteiger partial charge in [0.15, 0.2) is 0 Å². The van der Waals surface area contributed by atoms with E-state index in [1.807, 2.05) is 47.7 Å². The first-order chi connectivity index (χ1) is 13.8. The maximum absolute atomic E-state index is 10.5. The van der Waals surface area contributed by atoms with Crippen LogP contribution in [-0.2, 0) is 21.6 Å². The number of likely N-dealkylation sites (N-methyl/N-ethyl adjacent to an activating group) is 1. The van der Waals surface area contributed by atoms with Gasteiger partial charge >= 0.3 is 5.13 Å². The molecule has 0 N–H and O–H groups in total. The predicted octanol–water partition coefficient (Wildman–Crippen LogP) is 3.75. The van der Waals surface area contributed by atoms with Crippen LogP contribution < -0.4 is 9.47 Å². The van der Waals surface area contributed by atoms with E-state index in [1.165, 1.54) is 5.56 Å². The van der Waals surface area contributed by atoms with Crippen LogP contribution in [0.15, 0.2) is 52.7 Å². The van der Waals surface area contributed by atoms with E-state index in [9.17, 15) is 13.0 Å². The van der Waals surface area contributed by atoms with E-state index in [1.54, 1.807) is 11.3 Å². The molecule has 0 saturated carbocycles. The van der Waals surface area contributed by atoms with Gasteiger partial charge in [-0.05, 0) is 72.3 Å². The van der Waals surface area contributed by atoms with Crippen LogP contribution in [0.25, 0.3) is 10.2 Å². The predicted molar refractivity (Wildman–Crippen MR) is 112 cm³/mol. The molecule has 0 aliphatic carbocycles. The van der Waals surface area contributed by atoms with Gasteiger partial charge in [0.2, 0.25) is 10.4 Å². The molecule has 0 spiro atoms. The third-order valence-corrected chi connectivity index (χ3v) is 5.94. The maximum Gasteiger partial charge on any atom is 0.409 e. The van der Waals surface area contributed by atoms with Crippen molar-refractivity contribution >= 4 is 48.5 Å². The van der Waals surface area contributed by atoms with E-state index in [4.69, 9.17) is 0 Å². The minimum atomic E-state index is -4.67. The zero-order valence-electron chi connectivity index (χ0n) is 16.4. The van der Waals surface area contributed by atoms with Crippen molar-refractivity contribution < 1.29 is 21.7 Å². The average molecular weight is 435 g/mol. The molecule has 2 aromatic carbocycles. The highest BCUT2D eigenvalue weighted by Crippen LogP contribution is 2.28. The number of rotatable bonds is 8. The second-order valence-corrected chi connectivity index (χ2v) is 8.50. The van der Waals surface area contributed by atoms with Crippen molar-refractivity contribution in [3.8, 4) is 0 Å². The Bertz CT molecular complexity index is 1130. The highest BCUT2D eigenvalue weighted by Gasteiger charge is 2.16. The van der Waals surface area contributed by atoms with Crippen molar-refractivity contribution in [1.82, 2.24) is 0 Å². The first-order valence-electron chi connectivity index (χ1n) is 9.03. The van der Waals surface area contributed by atoms with E-state index in [0.29, 0.717) is 12.2 Å². The molecule has 10 heteroatoms. The largest absolute Gasteiger partial charge is 0.726 e. The first-order valence-corrected chi connectivity index (χ1v) is 11.2. The van der Waals surface area contributed by atoms with Crippen LogP contribution in [0.3, 0.4) is 0 Å².